The Morgan fingerprint density at radius 2 is 1.73 bits per heavy atom. The number of carbonyl (C=O) groups is 3. The lowest BCUT2D eigenvalue weighted by Gasteiger charge is -2.40. The number of hydrogen-bond donors (Lipinski definition) is 1. The van der Waals surface area contributed by atoms with Crippen molar-refractivity contribution in [2.24, 2.45) is 7.05 Å². The normalized spacial score (nSPS) is 25.2. The summed E-state index contributed by atoms with van der Waals surface area (Å²) in [6, 6.07) is 5.17. The summed E-state index contributed by atoms with van der Waals surface area (Å²) in [7, 11) is 1.74. The van der Waals surface area contributed by atoms with Gasteiger partial charge in [-0.15, -0.1) is 0 Å². The van der Waals surface area contributed by atoms with Crippen LogP contribution < -0.4 is 11.0 Å². The third-order valence-electron chi connectivity index (χ3n) is 7.67. The van der Waals surface area contributed by atoms with Gasteiger partial charge in [0.25, 0.3) is 0 Å². The molecule has 3 heterocycles. The van der Waals surface area contributed by atoms with Crippen molar-refractivity contribution >= 4 is 28.9 Å². The van der Waals surface area contributed by atoms with Gasteiger partial charge in [0.05, 0.1) is 23.2 Å². The minimum absolute atomic E-state index is 0.124. The van der Waals surface area contributed by atoms with E-state index >= 15 is 0 Å². The molecule has 3 aliphatic rings. The number of para-hydroxylation sites is 1. The molecule has 5 rings (SSSR count). The topological polar surface area (TPSA) is 112 Å². The number of aryl methyl sites for hydroxylation is 1. The lowest BCUT2D eigenvalue weighted by atomic mass is 9.77. The Hall–Kier alpha value is -3.14. The number of hydrogen-bond acceptors (Lipinski definition) is 6. The van der Waals surface area contributed by atoms with Crippen LogP contribution in [0.3, 0.4) is 0 Å². The molecule has 10 nitrogen and oxygen atoms in total. The van der Waals surface area contributed by atoms with Gasteiger partial charge in [0.1, 0.15) is 11.6 Å². The van der Waals surface area contributed by atoms with Crippen molar-refractivity contribution in [2.45, 2.75) is 89.1 Å². The zero-order valence-corrected chi connectivity index (χ0v) is 22.0. The van der Waals surface area contributed by atoms with Gasteiger partial charge in [0.15, 0.2) is 0 Å². The second-order valence-corrected chi connectivity index (χ2v) is 11.5. The molecule has 1 atom stereocenters. The molecule has 10 heteroatoms. The van der Waals surface area contributed by atoms with Crippen molar-refractivity contribution in [1.29, 1.82) is 0 Å². The number of nitrogens with one attached hydrogen (secondary N) is 1. The van der Waals surface area contributed by atoms with Crippen LogP contribution in [0.2, 0.25) is 0 Å². The number of piperidine rings is 2. The van der Waals surface area contributed by atoms with Crippen molar-refractivity contribution in [1.82, 2.24) is 19.4 Å². The van der Waals surface area contributed by atoms with Gasteiger partial charge in [-0.2, -0.15) is 0 Å². The number of fused-ring (bicyclic) bond motifs is 1. The van der Waals surface area contributed by atoms with Gasteiger partial charge in [-0.25, -0.2) is 9.59 Å². The van der Waals surface area contributed by atoms with Gasteiger partial charge in [-0.05, 0) is 70.4 Å². The largest absolute Gasteiger partial charge is 0.444 e. The fourth-order valence-electron chi connectivity index (χ4n) is 5.73. The highest BCUT2D eigenvalue weighted by Crippen LogP contribution is 2.42. The summed E-state index contributed by atoms with van der Waals surface area (Å²) < 4.78 is 15.0. The van der Waals surface area contributed by atoms with E-state index in [1.54, 1.807) is 16.5 Å². The highest BCUT2D eigenvalue weighted by atomic mass is 16.6. The SMILES string of the molecule is Cn1c(=O)n(C2CCC(=O)NC2=O)c2cccc([C@H]3C[C@H](OC4CCN(C(=O)OC(C)(C)C)CC4)C3)c21. The molecular weight excluding hydrogens is 476 g/mol. The molecule has 2 aliphatic heterocycles. The molecule has 1 N–H and O–H groups in total. The average Bonchev–Trinajstić information content (AvgIpc) is 3.06. The van der Waals surface area contributed by atoms with Crippen molar-refractivity contribution in [2.75, 3.05) is 13.1 Å². The molecule has 3 amide bonds. The van der Waals surface area contributed by atoms with Crippen LogP contribution in [0, 0.1) is 0 Å². The van der Waals surface area contributed by atoms with Crippen LogP contribution >= 0.6 is 0 Å². The Balaban J connectivity index is 1.22. The van der Waals surface area contributed by atoms with Crippen molar-refractivity contribution in [3.05, 3.63) is 34.2 Å². The summed E-state index contributed by atoms with van der Waals surface area (Å²) in [5, 5.41) is 2.36. The maximum atomic E-state index is 13.2. The van der Waals surface area contributed by atoms with Gasteiger partial charge in [0.2, 0.25) is 11.8 Å². The molecule has 1 unspecified atom stereocenters. The molecule has 0 bridgehead atoms. The number of imide groups is 1. The zero-order chi connectivity index (χ0) is 26.5. The fraction of sp³-hybridized carbons (Fsp3) is 0.630. The van der Waals surface area contributed by atoms with Crippen LogP contribution in [0.5, 0.6) is 0 Å². The number of nitrogens with zero attached hydrogens (tertiary/aromatic N) is 3. The average molecular weight is 513 g/mol. The van der Waals surface area contributed by atoms with Gasteiger partial charge < -0.3 is 14.4 Å². The van der Waals surface area contributed by atoms with Crippen LogP contribution in [-0.4, -0.2) is 62.8 Å². The molecule has 1 aromatic heterocycles. The van der Waals surface area contributed by atoms with Gasteiger partial charge in [0, 0.05) is 26.6 Å². The Bertz CT molecular complexity index is 1270. The maximum absolute atomic E-state index is 13.2. The summed E-state index contributed by atoms with van der Waals surface area (Å²) in [4.78, 5) is 51.3. The Morgan fingerprint density at radius 3 is 2.38 bits per heavy atom. The van der Waals surface area contributed by atoms with E-state index in [4.69, 9.17) is 9.47 Å². The summed E-state index contributed by atoms with van der Waals surface area (Å²) in [5.74, 6) is -0.462. The van der Waals surface area contributed by atoms with Crippen LogP contribution in [-0.2, 0) is 26.1 Å². The van der Waals surface area contributed by atoms with E-state index in [0.29, 0.717) is 19.5 Å². The lowest BCUT2D eigenvalue weighted by molar-refractivity contribution is -0.135. The molecule has 1 saturated carbocycles. The molecule has 200 valence electrons. The fourth-order valence-corrected chi connectivity index (χ4v) is 5.73. The van der Waals surface area contributed by atoms with Gasteiger partial charge in [-0.1, -0.05) is 12.1 Å². The first-order valence-electron chi connectivity index (χ1n) is 13.2. The molecule has 2 aromatic rings. The Labute approximate surface area is 215 Å². The predicted molar refractivity (Wildman–Crippen MR) is 136 cm³/mol. The number of carbonyl (C=O) groups excluding carboxylic acids is 3. The van der Waals surface area contributed by atoms with E-state index in [0.717, 1.165) is 42.3 Å². The van der Waals surface area contributed by atoms with Gasteiger partial charge >= 0.3 is 11.8 Å². The monoisotopic (exact) mass is 512 g/mol. The number of rotatable bonds is 4. The summed E-state index contributed by atoms with van der Waals surface area (Å²) >= 11 is 0. The van der Waals surface area contributed by atoms with Crippen LogP contribution in [0.4, 0.5) is 4.79 Å². The third kappa shape index (κ3) is 5.03. The highest BCUT2D eigenvalue weighted by Gasteiger charge is 2.37. The van der Waals surface area contributed by atoms with Crippen LogP contribution in [0.1, 0.15) is 76.8 Å². The zero-order valence-electron chi connectivity index (χ0n) is 22.0. The minimum Gasteiger partial charge on any atom is -0.444 e. The standard InChI is InChI=1S/C27H36N4O6/c1-27(2,3)37-26(35)30-12-10-17(11-13-30)36-18-14-16(15-18)19-6-5-7-20-23(19)29(4)25(34)31(20)21-8-9-22(32)28-24(21)33/h5-7,16-18,21H,8-15H2,1-4H3,(H,28,32,33)/t16-,18-,21?. The molecule has 0 radical (unpaired) electrons. The van der Waals surface area contributed by atoms with E-state index in [2.05, 4.69) is 11.4 Å². The number of ether oxygens (including phenoxy) is 2. The highest BCUT2D eigenvalue weighted by molar-refractivity contribution is 6.00. The predicted octanol–water partition coefficient (Wildman–Crippen LogP) is 2.98. The number of aromatic nitrogens is 2. The van der Waals surface area contributed by atoms with E-state index in [-0.39, 0.29) is 42.2 Å². The number of likely N-dealkylation sites (tertiary alicyclic amines) is 1. The smallest absolute Gasteiger partial charge is 0.410 e. The van der Waals surface area contributed by atoms with E-state index < -0.39 is 17.6 Å². The number of benzene rings is 1. The summed E-state index contributed by atoms with van der Waals surface area (Å²) in [6.07, 6.45) is 3.85. The maximum Gasteiger partial charge on any atom is 0.410 e. The van der Waals surface area contributed by atoms with Crippen molar-refractivity contribution in [3.63, 3.8) is 0 Å². The van der Waals surface area contributed by atoms with E-state index in [9.17, 15) is 19.2 Å². The van der Waals surface area contributed by atoms with Crippen molar-refractivity contribution in [3.8, 4) is 0 Å². The molecule has 1 aromatic carbocycles. The van der Waals surface area contributed by atoms with Crippen LogP contribution in [0.25, 0.3) is 11.0 Å². The molecular formula is C27H36N4O6. The molecule has 2 saturated heterocycles. The summed E-state index contributed by atoms with van der Waals surface area (Å²) in [5.41, 5.74) is 1.90. The number of amides is 3. The second-order valence-electron chi connectivity index (χ2n) is 11.5. The second kappa shape index (κ2) is 9.63. The number of imidazole rings is 1. The molecule has 0 spiro atoms. The first-order valence-corrected chi connectivity index (χ1v) is 13.2. The summed E-state index contributed by atoms with van der Waals surface area (Å²) in [6.45, 7) is 6.87. The molecule has 1 aliphatic carbocycles. The quantitative estimate of drug-likeness (QED) is 0.631. The Morgan fingerprint density at radius 1 is 1.03 bits per heavy atom. The van der Waals surface area contributed by atoms with Gasteiger partial charge in [-0.3, -0.25) is 24.0 Å². The Kier molecular flexibility index (Phi) is 6.64. The van der Waals surface area contributed by atoms with E-state index in [1.165, 1.54) is 4.57 Å². The van der Waals surface area contributed by atoms with Crippen molar-refractivity contribution < 1.29 is 23.9 Å². The molecule has 3 fully saturated rings. The lowest BCUT2D eigenvalue weighted by Crippen LogP contribution is -2.45. The first-order chi connectivity index (χ1) is 17.5. The molecule has 37 heavy (non-hydrogen) atoms. The first kappa shape index (κ1) is 25.5. The third-order valence-corrected chi connectivity index (χ3v) is 7.67. The minimum atomic E-state index is -0.687. The van der Waals surface area contributed by atoms with Crippen LogP contribution in [0.15, 0.2) is 23.0 Å². The van der Waals surface area contributed by atoms with E-state index in [1.807, 2.05) is 32.9 Å².